The van der Waals surface area contributed by atoms with Crippen LogP contribution in [0, 0.1) is 0 Å². The van der Waals surface area contributed by atoms with E-state index in [1.54, 1.807) is 18.2 Å². The molecule has 104 valence electrons. The van der Waals surface area contributed by atoms with E-state index in [9.17, 15) is 14.4 Å². The van der Waals surface area contributed by atoms with Crippen LogP contribution in [0.1, 0.15) is 10.4 Å². The third-order valence-electron chi connectivity index (χ3n) is 3.19. The second kappa shape index (κ2) is 4.84. The van der Waals surface area contributed by atoms with E-state index < -0.39 is 0 Å². The second-order valence-corrected chi connectivity index (χ2v) is 4.62. The molecule has 7 nitrogen and oxygen atoms in total. The Morgan fingerprint density at radius 1 is 1.25 bits per heavy atom. The summed E-state index contributed by atoms with van der Waals surface area (Å²) < 4.78 is 5.27. The van der Waals surface area contributed by atoms with Gasteiger partial charge in [0.2, 0.25) is 5.91 Å². The molecule has 0 atom stereocenters. The van der Waals surface area contributed by atoms with Crippen LogP contribution >= 0.6 is 0 Å². The van der Waals surface area contributed by atoms with E-state index in [0.717, 1.165) is 0 Å². The molecule has 2 heterocycles. The van der Waals surface area contributed by atoms with E-state index in [0.29, 0.717) is 30.1 Å². The van der Waals surface area contributed by atoms with Gasteiger partial charge in [-0.1, -0.05) is 0 Å². The van der Waals surface area contributed by atoms with Crippen LogP contribution in [0.3, 0.4) is 0 Å². The van der Waals surface area contributed by atoms with Gasteiger partial charge in [0.25, 0.3) is 11.8 Å². The number of rotatable bonds is 1. The van der Waals surface area contributed by atoms with Gasteiger partial charge >= 0.3 is 0 Å². The van der Waals surface area contributed by atoms with Gasteiger partial charge in [0.15, 0.2) is 6.61 Å². The van der Waals surface area contributed by atoms with Gasteiger partial charge in [0.1, 0.15) is 5.75 Å². The summed E-state index contributed by atoms with van der Waals surface area (Å²) in [7, 11) is 0. The predicted molar refractivity (Wildman–Crippen MR) is 69.5 cm³/mol. The first-order valence-electron chi connectivity index (χ1n) is 6.26. The number of nitrogens with one attached hydrogen (secondary N) is 2. The first-order chi connectivity index (χ1) is 9.63. The van der Waals surface area contributed by atoms with Crippen LogP contribution in [0.15, 0.2) is 18.2 Å². The van der Waals surface area contributed by atoms with Gasteiger partial charge in [-0.2, -0.15) is 0 Å². The number of anilines is 1. The average Bonchev–Trinajstić information content (AvgIpc) is 2.46. The number of fused-ring (bicyclic) bond motifs is 1. The highest BCUT2D eigenvalue weighted by molar-refractivity contribution is 6.00. The van der Waals surface area contributed by atoms with Gasteiger partial charge in [-0.05, 0) is 18.2 Å². The Labute approximate surface area is 114 Å². The van der Waals surface area contributed by atoms with E-state index in [1.807, 2.05) is 0 Å². The molecule has 20 heavy (non-hydrogen) atoms. The number of hydrogen-bond acceptors (Lipinski definition) is 4. The summed E-state index contributed by atoms with van der Waals surface area (Å²) >= 11 is 0. The fourth-order valence-corrected chi connectivity index (χ4v) is 2.20. The molecule has 0 aromatic heterocycles. The number of carbonyl (C=O) groups is 3. The highest BCUT2D eigenvalue weighted by Crippen LogP contribution is 2.28. The van der Waals surface area contributed by atoms with E-state index in [-0.39, 0.29) is 30.9 Å². The molecule has 0 saturated carbocycles. The minimum atomic E-state index is -0.219. The van der Waals surface area contributed by atoms with Crippen molar-refractivity contribution in [1.29, 1.82) is 0 Å². The molecule has 1 aromatic carbocycles. The molecule has 2 N–H and O–H groups in total. The minimum Gasteiger partial charge on any atom is -0.482 e. The number of ether oxygens (including phenoxy) is 1. The van der Waals surface area contributed by atoms with Crippen LogP contribution in [-0.4, -0.2) is 48.9 Å². The predicted octanol–water partition coefficient (Wildman–Crippen LogP) is -0.411. The number of piperazine rings is 1. The summed E-state index contributed by atoms with van der Waals surface area (Å²) in [5.74, 6) is -0.129. The van der Waals surface area contributed by atoms with Gasteiger partial charge in [-0.25, -0.2) is 0 Å². The Balaban J connectivity index is 1.82. The third-order valence-corrected chi connectivity index (χ3v) is 3.19. The molecule has 3 rings (SSSR count). The molecular weight excluding hydrogens is 262 g/mol. The van der Waals surface area contributed by atoms with Crippen LogP contribution in [-0.2, 0) is 9.59 Å². The highest BCUT2D eigenvalue weighted by Gasteiger charge is 2.24. The fourth-order valence-electron chi connectivity index (χ4n) is 2.20. The maximum Gasteiger partial charge on any atom is 0.262 e. The Morgan fingerprint density at radius 3 is 2.90 bits per heavy atom. The number of hydrogen-bond donors (Lipinski definition) is 2. The van der Waals surface area contributed by atoms with Crippen molar-refractivity contribution in [2.75, 3.05) is 31.6 Å². The topological polar surface area (TPSA) is 87.7 Å². The zero-order chi connectivity index (χ0) is 14.1. The largest absolute Gasteiger partial charge is 0.482 e. The zero-order valence-electron chi connectivity index (χ0n) is 10.6. The van der Waals surface area contributed by atoms with Crippen molar-refractivity contribution >= 4 is 23.4 Å². The van der Waals surface area contributed by atoms with Crippen molar-refractivity contribution in [3.05, 3.63) is 23.8 Å². The molecule has 0 aliphatic carbocycles. The summed E-state index contributed by atoms with van der Waals surface area (Å²) in [4.78, 5) is 36.3. The lowest BCUT2D eigenvalue weighted by molar-refractivity contribution is -0.123. The molecule has 2 aliphatic rings. The Morgan fingerprint density at radius 2 is 2.10 bits per heavy atom. The first-order valence-corrected chi connectivity index (χ1v) is 6.26. The SMILES string of the molecule is O=C1CN(C(=O)c2ccc3c(c2)OCC(=O)N3)CCN1. The van der Waals surface area contributed by atoms with E-state index in [2.05, 4.69) is 10.6 Å². The molecular formula is C13H13N3O4. The van der Waals surface area contributed by atoms with Crippen molar-refractivity contribution < 1.29 is 19.1 Å². The molecule has 1 fully saturated rings. The number of carbonyl (C=O) groups excluding carboxylic acids is 3. The van der Waals surface area contributed by atoms with Crippen molar-refractivity contribution in [2.24, 2.45) is 0 Å². The van der Waals surface area contributed by atoms with Crippen LogP contribution in [0.2, 0.25) is 0 Å². The summed E-state index contributed by atoms with van der Waals surface area (Å²) in [6, 6.07) is 4.83. The summed E-state index contributed by atoms with van der Waals surface area (Å²) in [5.41, 5.74) is 0.990. The van der Waals surface area contributed by atoms with Crippen LogP contribution in [0.4, 0.5) is 5.69 Å². The van der Waals surface area contributed by atoms with Crippen molar-refractivity contribution in [3.63, 3.8) is 0 Å². The quantitative estimate of drug-likeness (QED) is 0.729. The first kappa shape index (κ1) is 12.5. The Bertz CT molecular complexity index is 599. The monoisotopic (exact) mass is 275 g/mol. The van der Waals surface area contributed by atoms with Crippen molar-refractivity contribution in [2.45, 2.75) is 0 Å². The molecule has 2 aliphatic heterocycles. The third kappa shape index (κ3) is 2.29. The lowest BCUT2D eigenvalue weighted by Gasteiger charge is -2.27. The van der Waals surface area contributed by atoms with Crippen molar-refractivity contribution in [3.8, 4) is 5.75 Å². The number of nitrogens with zero attached hydrogens (tertiary/aromatic N) is 1. The maximum absolute atomic E-state index is 12.3. The van der Waals surface area contributed by atoms with Gasteiger partial charge in [0, 0.05) is 18.7 Å². The number of benzene rings is 1. The van der Waals surface area contributed by atoms with E-state index in [4.69, 9.17) is 4.74 Å². The second-order valence-electron chi connectivity index (χ2n) is 4.62. The molecule has 1 saturated heterocycles. The Kier molecular flexibility index (Phi) is 3.02. The van der Waals surface area contributed by atoms with Gasteiger partial charge in [-0.3, -0.25) is 14.4 Å². The molecule has 0 spiro atoms. The molecule has 1 aromatic rings. The lowest BCUT2D eigenvalue weighted by atomic mass is 10.1. The summed E-state index contributed by atoms with van der Waals surface area (Å²) in [6.45, 7) is 0.950. The van der Waals surface area contributed by atoms with Crippen LogP contribution in [0.25, 0.3) is 0 Å². The Hall–Kier alpha value is -2.57. The van der Waals surface area contributed by atoms with Gasteiger partial charge in [0.05, 0.1) is 12.2 Å². The van der Waals surface area contributed by atoms with E-state index >= 15 is 0 Å². The standard InChI is InChI=1S/C13H13N3O4/c17-11-6-16(4-3-14-11)13(19)8-1-2-9-10(5-8)20-7-12(18)15-9/h1-2,5H,3-4,6-7H2,(H,14,17)(H,15,18). The van der Waals surface area contributed by atoms with Gasteiger partial charge < -0.3 is 20.3 Å². The average molecular weight is 275 g/mol. The summed E-state index contributed by atoms with van der Waals surface area (Å²) in [5, 5.41) is 5.33. The lowest BCUT2D eigenvalue weighted by Crippen LogP contribution is -2.49. The van der Waals surface area contributed by atoms with E-state index in [1.165, 1.54) is 4.90 Å². The molecule has 0 bridgehead atoms. The van der Waals surface area contributed by atoms with Crippen molar-refractivity contribution in [1.82, 2.24) is 10.2 Å². The van der Waals surface area contributed by atoms with Crippen LogP contribution in [0.5, 0.6) is 5.75 Å². The van der Waals surface area contributed by atoms with Gasteiger partial charge in [-0.15, -0.1) is 0 Å². The molecule has 7 heteroatoms. The molecule has 3 amide bonds. The zero-order valence-corrected chi connectivity index (χ0v) is 10.6. The maximum atomic E-state index is 12.3. The fraction of sp³-hybridized carbons (Fsp3) is 0.308. The van der Waals surface area contributed by atoms with Crippen LogP contribution < -0.4 is 15.4 Å². The molecule has 0 unspecified atom stereocenters. The molecule has 0 radical (unpaired) electrons. The minimum absolute atomic E-state index is 0.0588. The smallest absolute Gasteiger partial charge is 0.262 e. The summed E-state index contributed by atoms with van der Waals surface area (Å²) in [6.07, 6.45) is 0. The number of amides is 3. The normalized spacial score (nSPS) is 17.7. The highest BCUT2D eigenvalue weighted by atomic mass is 16.5.